The van der Waals surface area contributed by atoms with Crippen molar-refractivity contribution in [1.29, 1.82) is 0 Å². The van der Waals surface area contributed by atoms with Crippen LogP contribution in [0.3, 0.4) is 0 Å². The molecule has 1 aliphatic rings. The van der Waals surface area contributed by atoms with Gasteiger partial charge in [0.1, 0.15) is 0 Å². The fourth-order valence-electron chi connectivity index (χ4n) is 2.79. The quantitative estimate of drug-likeness (QED) is 0.882. The number of carbonyl (C=O) groups excluding carboxylic acids is 2. The maximum Gasteiger partial charge on any atom is 0.323 e. The van der Waals surface area contributed by atoms with Crippen LogP contribution in [-0.2, 0) is 6.42 Å². The van der Waals surface area contributed by atoms with Crippen molar-refractivity contribution in [2.45, 2.75) is 20.3 Å². The van der Waals surface area contributed by atoms with Crippen LogP contribution in [0.15, 0.2) is 18.2 Å². The number of amides is 4. The van der Waals surface area contributed by atoms with E-state index in [-0.39, 0.29) is 12.1 Å². The molecule has 0 saturated carbocycles. The van der Waals surface area contributed by atoms with Gasteiger partial charge in [-0.2, -0.15) is 0 Å². The van der Waals surface area contributed by atoms with E-state index in [9.17, 15) is 9.59 Å². The van der Waals surface area contributed by atoms with E-state index in [1.807, 2.05) is 13.0 Å². The number of aryl methyl sites for hydroxylation is 1. The van der Waals surface area contributed by atoms with Crippen molar-refractivity contribution < 1.29 is 9.59 Å². The van der Waals surface area contributed by atoms with Crippen LogP contribution in [0.25, 0.3) is 10.2 Å². The molecule has 25 heavy (non-hydrogen) atoms. The molecule has 1 saturated heterocycles. The first-order valence-corrected chi connectivity index (χ1v) is 9.40. The highest BCUT2D eigenvalue weighted by atomic mass is 32.1. The number of rotatable bonds is 3. The lowest BCUT2D eigenvalue weighted by atomic mass is 10.2. The summed E-state index contributed by atoms with van der Waals surface area (Å²) in [7, 11) is 0. The SMILES string of the molecule is CCNC(=O)N1CCN(C(=O)Nc2nc3ccc(CC)cc3s2)CC1. The number of nitrogens with zero attached hydrogens (tertiary/aromatic N) is 3. The third-order valence-corrected chi connectivity index (χ3v) is 5.19. The van der Waals surface area contributed by atoms with Crippen LogP contribution in [0, 0.1) is 0 Å². The largest absolute Gasteiger partial charge is 0.338 e. The maximum absolute atomic E-state index is 12.4. The van der Waals surface area contributed by atoms with E-state index >= 15 is 0 Å². The van der Waals surface area contributed by atoms with Crippen molar-refractivity contribution >= 4 is 38.7 Å². The highest BCUT2D eigenvalue weighted by Gasteiger charge is 2.24. The molecule has 2 aromatic rings. The van der Waals surface area contributed by atoms with E-state index in [0.29, 0.717) is 37.9 Å². The van der Waals surface area contributed by atoms with Crippen LogP contribution in [0.5, 0.6) is 0 Å². The number of fused-ring (bicyclic) bond motifs is 1. The molecule has 1 fully saturated rings. The van der Waals surface area contributed by atoms with Gasteiger partial charge in [-0.25, -0.2) is 14.6 Å². The summed E-state index contributed by atoms with van der Waals surface area (Å²) in [6.45, 7) is 6.74. The first kappa shape index (κ1) is 17.5. The Morgan fingerprint density at radius 1 is 1.12 bits per heavy atom. The smallest absolute Gasteiger partial charge is 0.323 e. The van der Waals surface area contributed by atoms with Crippen LogP contribution in [-0.4, -0.2) is 59.6 Å². The average Bonchev–Trinajstić information content (AvgIpc) is 3.03. The van der Waals surface area contributed by atoms with E-state index in [4.69, 9.17) is 0 Å². The molecule has 3 rings (SSSR count). The number of hydrogen-bond acceptors (Lipinski definition) is 4. The monoisotopic (exact) mass is 361 g/mol. The predicted molar refractivity (Wildman–Crippen MR) is 100 cm³/mol. The molecule has 0 spiro atoms. The van der Waals surface area contributed by atoms with Crippen molar-refractivity contribution in [3.8, 4) is 0 Å². The second kappa shape index (κ2) is 7.69. The Balaban J connectivity index is 1.58. The second-order valence-corrected chi connectivity index (χ2v) is 6.95. The van der Waals surface area contributed by atoms with Gasteiger partial charge in [0.05, 0.1) is 10.2 Å². The van der Waals surface area contributed by atoms with Crippen molar-refractivity contribution in [2.24, 2.45) is 0 Å². The third kappa shape index (κ3) is 4.01. The lowest BCUT2D eigenvalue weighted by molar-refractivity contribution is 0.149. The Hall–Kier alpha value is -2.35. The Kier molecular flexibility index (Phi) is 5.37. The minimum absolute atomic E-state index is 0.0690. The molecule has 8 heteroatoms. The molecular formula is C17H23N5O2S. The van der Waals surface area contributed by atoms with Gasteiger partial charge in [0, 0.05) is 32.7 Å². The van der Waals surface area contributed by atoms with Gasteiger partial charge >= 0.3 is 12.1 Å². The number of nitrogens with one attached hydrogen (secondary N) is 2. The van der Waals surface area contributed by atoms with E-state index in [1.54, 1.807) is 9.80 Å². The zero-order valence-electron chi connectivity index (χ0n) is 14.5. The number of anilines is 1. The lowest BCUT2D eigenvalue weighted by Gasteiger charge is -2.34. The Labute approximate surface area is 151 Å². The van der Waals surface area contributed by atoms with E-state index in [1.165, 1.54) is 16.9 Å². The summed E-state index contributed by atoms with van der Waals surface area (Å²) in [5.74, 6) is 0. The van der Waals surface area contributed by atoms with Crippen LogP contribution in [0.4, 0.5) is 14.7 Å². The van der Waals surface area contributed by atoms with E-state index in [0.717, 1.165) is 16.6 Å². The molecule has 4 amide bonds. The van der Waals surface area contributed by atoms with Gasteiger partial charge in [-0.05, 0) is 31.0 Å². The summed E-state index contributed by atoms with van der Waals surface area (Å²) >= 11 is 1.49. The molecule has 1 aliphatic heterocycles. The van der Waals surface area contributed by atoms with Gasteiger partial charge in [-0.3, -0.25) is 5.32 Å². The predicted octanol–water partition coefficient (Wildman–Crippen LogP) is 2.74. The van der Waals surface area contributed by atoms with Gasteiger partial charge in [-0.15, -0.1) is 0 Å². The van der Waals surface area contributed by atoms with Gasteiger partial charge in [0.15, 0.2) is 5.13 Å². The number of thiazole rings is 1. The fraction of sp³-hybridized carbons (Fsp3) is 0.471. The highest BCUT2D eigenvalue weighted by Crippen LogP contribution is 2.27. The molecule has 134 valence electrons. The average molecular weight is 361 g/mol. The summed E-state index contributed by atoms with van der Waals surface area (Å²) in [6.07, 6.45) is 0.978. The minimum atomic E-state index is -0.162. The van der Waals surface area contributed by atoms with Crippen LogP contribution in [0.2, 0.25) is 0 Å². The second-order valence-electron chi connectivity index (χ2n) is 5.91. The normalized spacial score (nSPS) is 14.6. The number of hydrogen-bond donors (Lipinski definition) is 2. The van der Waals surface area contributed by atoms with Gasteiger partial charge in [0.2, 0.25) is 0 Å². The van der Waals surface area contributed by atoms with Crippen LogP contribution < -0.4 is 10.6 Å². The molecule has 0 radical (unpaired) electrons. The Bertz CT molecular complexity index is 767. The molecule has 7 nitrogen and oxygen atoms in total. The van der Waals surface area contributed by atoms with E-state index < -0.39 is 0 Å². The Morgan fingerprint density at radius 3 is 2.44 bits per heavy atom. The van der Waals surface area contributed by atoms with Crippen LogP contribution >= 0.6 is 11.3 Å². The molecule has 2 heterocycles. The van der Waals surface area contributed by atoms with Crippen molar-refractivity contribution in [2.75, 3.05) is 38.0 Å². The number of urea groups is 2. The summed E-state index contributed by atoms with van der Waals surface area (Å²) < 4.78 is 1.08. The molecule has 2 N–H and O–H groups in total. The molecule has 1 aromatic carbocycles. The lowest BCUT2D eigenvalue weighted by Crippen LogP contribution is -2.53. The molecule has 0 atom stereocenters. The van der Waals surface area contributed by atoms with Gasteiger partial charge < -0.3 is 15.1 Å². The zero-order valence-corrected chi connectivity index (χ0v) is 15.4. The molecule has 0 aliphatic carbocycles. The maximum atomic E-state index is 12.4. The van der Waals surface area contributed by atoms with Crippen molar-refractivity contribution in [3.05, 3.63) is 23.8 Å². The number of benzene rings is 1. The fourth-order valence-corrected chi connectivity index (χ4v) is 3.71. The summed E-state index contributed by atoms with van der Waals surface area (Å²) in [4.78, 5) is 32.2. The summed E-state index contributed by atoms with van der Waals surface area (Å²) in [5.41, 5.74) is 2.16. The molecule has 1 aromatic heterocycles. The first-order valence-electron chi connectivity index (χ1n) is 8.59. The molecule has 0 bridgehead atoms. The minimum Gasteiger partial charge on any atom is -0.338 e. The first-order chi connectivity index (χ1) is 12.1. The zero-order chi connectivity index (χ0) is 17.8. The number of aromatic nitrogens is 1. The summed E-state index contributed by atoms with van der Waals surface area (Å²) in [5, 5.41) is 6.28. The van der Waals surface area contributed by atoms with Gasteiger partial charge in [-0.1, -0.05) is 24.3 Å². The summed E-state index contributed by atoms with van der Waals surface area (Å²) in [6, 6.07) is 5.94. The van der Waals surface area contributed by atoms with Crippen molar-refractivity contribution in [1.82, 2.24) is 20.1 Å². The molecule has 0 unspecified atom stereocenters. The number of carbonyl (C=O) groups is 2. The number of piperazine rings is 1. The Morgan fingerprint density at radius 2 is 1.80 bits per heavy atom. The topological polar surface area (TPSA) is 77.6 Å². The van der Waals surface area contributed by atoms with Gasteiger partial charge in [0.25, 0.3) is 0 Å². The van der Waals surface area contributed by atoms with E-state index in [2.05, 4.69) is 34.7 Å². The highest BCUT2D eigenvalue weighted by molar-refractivity contribution is 7.22. The standard InChI is InChI=1S/C17H23N5O2S/c1-3-12-5-6-13-14(11-12)25-15(19-13)20-17(24)22-9-7-21(8-10-22)16(23)18-4-2/h5-6,11H,3-4,7-10H2,1-2H3,(H,18,23)(H,19,20,24). The van der Waals surface area contributed by atoms with Crippen LogP contribution in [0.1, 0.15) is 19.4 Å². The molecular weight excluding hydrogens is 338 g/mol. The third-order valence-electron chi connectivity index (χ3n) is 4.26. The van der Waals surface area contributed by atoms with Crippen molar-refractivity contribution in [3.63, 3.8) is 0 Å².